The van der Waals surface area contributed by atoms with Crippen molar-refractivity contribution in [3.05, 3.63) is 28.6 Å². The van der Waals surface area contributed by atoms with Gasteiger partial charge < -0.3 is 4.74 Å². The Labute approximate surface area is 103 Å². The zero-order valence-electron chi connectivity index (χ0n) is 9.26. The minimum atomic E-state index is -5.24. The summed E-state index contributed by atoms with van der Waals surface area (Å²) >= 11 is 0. The lowest BCUT2D eigenvalue weighted by Crippen LogP contribution is -2.18. The summed E-state index contributed by atoms with van der Waals surface area (Å²) in [6.45, 7) is 0. The largest absolute Gasteiger partial charge is 0.465 e. The molecule has 0 unspecified atom stereocenters. The van der Waals surface area contributed by atoms with E-state index < -0.39 is 41.0 Å². The van der Waals surface area contributed by atoms with Gasteiger partial charge in [0.15, 0.2) is 0 Å². The molecular weight excluding hydrogens is 275 g/mol. The van der Waals surface area contributed by atoms with E-state index >= 15 is 0 Å². The lowest BCUT2D eigenvalue weighted by molar-refractivity contribution is -0.140. The summed E-state index contributed by atoms with van der Waals surface area (Å²) in [5, 5.41) is 8.68. The van der Waals surface area contributed by atoms with Gasteiger partial charge in [-0.1, -0.05) is 0 Å². The molecule has 1 aromatic rings. The molecule has 0 amide bonds. The second kappa shape index (κ2) is 5.17. The third-order valence-corrected chi connectivity index (χ3v) is 2.12. The van der Waals surface area contributed by atoms with Crippen molar-refractivity contribution in [2.45, 2.75) is 12.6 Å². The molecular formula is C10H5F5N2O2. The SMILES string of the molecule is COC(=O)c1cnc(C(F)F)c(C(F)(F)F)c1C#N. The minimum Gasteiger partial charge on any atom is -0.465 e. The second-order valence-electron chi connectivity index (χ2n) is 3.21. The smallest absolute Gasteiger partial charge is 0.419 e. The molecule has 4 nitrogen and oxygen atoms in total. The van der Waals surface area contributed by atoms with Crippen LogP contribution in [0.5, 0.6) is 0 Å². The second-order valence-corrected chi connectivity index (χ2v) is 3.21. The Morgan fingerprint density at radius 3 is 2.42 bits per heavy atom. The number of rotatable bonds is 2. The Morgan fingerprint density at radius 1 is 1.47 bits per heavy atom. The first-order chi connectivity index (χ1) is 8.73. The molecule has 0 N–H and O–H groups in total. The molecule has 1 heterocycles. The summed E-state index contributed by atoms with van der Waals surface area (Å²) in [5.41, 5.74) is -5.57. The number of carbonyl (C=O) groups is 1. The van der Waals surface area contributed by atoms with Gasteiger partial charge >= 0.3 is 12.1 Å². The van der Waals surface area contributed by atoms with Crippen LogP contribution in [0.15, 0.2) is 6.20 Å². The molecule has 102 valence electrons. The molecule has 0 aromatic carbocycles. The number of esters is 1. The quantitative estimate of drug-likeness (QED) is 0.617. The van der Waals surface area contributed by atoms with Gasteiger partial charge in [0.25, 0.3) is 6.43 Å². The highest BCUT2D eigenvalue weighted by atomic mass is 19.4. The predicted octanol–water partition coefficient (Wildman–Crippen LogP) is 2.70. The van der Waals surface area contributed by atoms with Crippen LogP contribution in [-0.4, -0.2) is 18.1 Å². The Balaban J connectivity index is 3.71. The van der Waals surface area contributed by atoms with E-state index in [9.17, 15) is 26.7 Å². The van der Waals surface area contributed by atoms with Gasteiger partial charge in [-0.25, -0.2) is 13.6 Å². The number of nitriles is 1. The van der Waals surface area contributed by atoms with Crippen LogP contribution in [0.25, 0.3) is 0 Å². The Hall–Kier alpha value is -2.24. The number of carbonyl (C=O) groups excluding carboxylic acids is 1. The van der Waals surface area contributed by atoms with Crippen LogP contribution in [0.1, 0.15) is 33.6 Å². The van der Waals surface area contributed by atoms with E-state index in [-0.39, 0.29) is 0 Å². The first-order valence-electron chi connectivity index (χ1n) is 4.60. The highest BCUT2D eigenvalue weighted by molar-refractivity contribution is 5.92. The molecule has 0 saturated carbocycles. The normalized spacial score (nSPS) is 11.3. The van der Waals surface area contributed by atoms with Crippen LogP contribution >= 0.6 is 0 Å². The van der Waals surface area contributed by atoms with Crippen LogP contribution in [0.2, 0.25) is 0 Å². The van der Waals surface area contributed by atoms with E-state index in [2.05, 4.69) is 9.72 Å². The predicted molar refractivity (Wildman–Crippen MR) is 50.3 cm³/mol. The number of aromatic nitrogens is 1. The first kappa shape index (κ1) is 14.8. The molecule has 0 fully saturated rings. The number of nitrogens with zero attached hydrogens (tertiary/aromatic N) is 2. The molecule has 0 radical (unpaired) electrons. The lowest BCUT2D eigenvalue weighted by atomic mass is 10.0. The van der Waals surface area contributed by atoms with Crippen LogP contribution in [0.3, 0.4) is 0 Å². The number of pyridine rings is 1. The molecule has 0 aliphatic rings. The summed E-state index contributed by atoms with van der Waals surface area (Å²) in [6, 6.07) is 1.09. The Bertz CT molecular complexity index is 548. The molecule has 0 saturated heterocycles. The molecule has 0 aliphatic carbocycles. The maximum atomic E-state index is 12.7. The molecule has 9 heteroatoms. The number of halogens is 5. The van der Waals surface area contributed by atoms with Crippen LogP contribution in [0.4, 0.5) is 22.0 Å². The fraction of sp³-hybridized carbons (Fsp3) is 0.300. The van der Waals surface area contributed by atoms with Gasteiger partial charge in [-0.2, -0.15) is 18.4 Å². The number of methoxy groups -OCH3 is 1. The van der Waals surface area contributed by atoms with Gasteiger partial charge in [-0.15, -0.1) is 0 Å². The van der Waals surface area contributed by atoms with Gasteiger partial charge in [-0.3, -0.25) is 4.98 Å². The summed E-state index contributed by atoms with van der Waals surface area (Å²) in [7, 11) is 0.873. The zero-order chi connectivity index (χ0) is 14.8. The molecule has 0 spiro atoms. The molecule has 19 heavy (non-hydrogen) atoms. The van der Waals surface area contributed by atoms with E-state index in [1.54, 1.807) is 0 Å². The van der Waals surface area contributed by atoms with Crippen LogP contribution < -0.4 is 0 Å². The van der Waals surface area contributed by atoms with E-state index in [1.165, 1.54) is 0 Å². The van der Waals surface area contributed by atoms with Crippen molar-refractivity contribution >= 4 is 5.97 Å². The molecule has 0 atom stereocenters. The molecule has 0 aliphatic heterocycles. The van der Waals surface area contributed by atoms with E-state index in [1.807, 2.05) is 0 Å². The van der Waals surface area contributed by atoms with Crippen molar-refractivity contribution in [1.82, 2.24) is 4.98 Å². The number of hydrogen-bond donors (Lipinski definition) is 0. The number of ether oxygens (including phenoxy) is 1. The third kappa shape index (κ3) is 2.78. The summed E-state index contributed by atoms with van der Waals surface area (Å²) < 4.78 is 67.3. The first-order valence-corrected chi connectivity index (χ1v) is 4.60. The summed E-state index contributed by atoms with van der Waals surface area (Å²) in [4.78, 5) is 14.1. The van der Waals surface area contributed by atoms with E-state index in [0.717, 1.165) is 13.2 Å². The summed E-state index contributed by atoms with van der Waals surface area (Å²) in [6.07, 6.45) is -8.31. The maximum Gasteiger partial charge on any atom is 0.419 e. The van der Waals surface area contributed by atoms with Gasteiger partial charge in [0, 0.05) is 6.20 Å². The van der Waals surface area contributed by atoms with Crippen molar-refractivity contribution in [3.63, 3.8) is 0 Å². The number of hydrogen-bond acceptors (Lipinski definition) is 4. The van der Waals surface area contributed by atoms with Crippen LogP contribution in [-0.2, 0) is 10.9 Å². The topological polar surface area (TPSA) is 63.0 Å². The van der Waals surface area contributed by atoms with Crippen molar-refractivity contribution in [3.8, 4) is 6.07 Å². The average molecular weight is 280 g/mol. The van der Waals surface area contributed by atoms with Gasteiger partial charge in [-0.05, 0) is 0 Å². The standard InChI is InChI=1S/C10H5F5N2O2/c1-19-9(18)5-3-17-7(8(11)12)6(4(5)2-16)10(13,14)15/h3,8H,1H3. The lowest BCUT2D eigenvalue weighted by Gasteiger charge is -2.14. The van der Waals surface area contributed by atoms with E-state index in [4.69, 9.17) is 5.26 Å². The maximum absolute atomic E-state index is 12.7. The Morgan fingerprint density at radius 2 is 2.05 bits per heavy atom. The fourth-order valence-corrected chi connectivity index (χ4v) is 1.36. The van der Waals surface area contributed by atoms with Gasteiger partial charge in [0.05, 0.1) is 18.2 Å². The molecule has 0 bridgehead atoms. The molecule has 1 rings (SSSR count). The van der Waals surface area contributed by atoms with Crippen molar-refractivity contribution < 1.29 is 31.5 Å². The summed E-state index contributed by atoms with van der Waals surface area (Å²) in [5.74, 6) is -1.27. The van der Waals surface area contributed by atoms with E-state index in [0.29, 0.717) is 6.20 Å². The van der Waals surface area contributed by atoms with Crippen molar-refractivity contribution in [2.75, 3.05) is 7.11 Å². The highest BCUT2D eigenvalue weighted by Gasteiger charge is 2.41. The number of alkyl halides is 5. The average Bonchev–Trinajstić information content (AvgIpc) is 2.34. The van der Waals surface area contributed by atoms with Crippen LogP contribution in [0, 0.1) is 11.3 Å². The Kier molecular flexibility index (Phi) is 4.04. The van der Waals surface area contributed by atoms with Crippen molar-refractivity contribution in [2.24, 2.45) is 0 Å². The fourth-order valence-electron chi connectivity index (χ4n) is 1.36. The van der Waals surface area contributed by atoms with Gasteiger partial charge in [0.2, 0.25) is 0 Å². The minimum absolute atomic E-state index is 0.459. The van der Waals surface area contributed by atoms with Gasteiger partial charge in [0.1, 0.15) is 17.3 Å². The molecule has 1 aromatic heterocycles. The monoisotopic (exact) mass is 280 g/mol. The van der Waals surface area contributed by atoms with Crippen molar-refractivity contribution in [1.29, 1.82) is 5.26 Å². The third-order valence-electron chi connectivity index (χ3n) is 2.12. The highest BCUT2D eigenvalue weighted by Crippen LogP contribution is 2.38. The zero-order valence-corrected chi connectivity index (χ0v) is 9.26.